The van der Waals surface area contributed by atoms with Crippen molar-refractivity contribution >= 4 is 17.6 Å². The summed E-state index contributed by atoms with van der Waals surface area (Å²) in [6.45, 7) is 0.263. The van der Waals surface area contributed by atoms with Gasteiger partial charge in [-0.05, 0) is 35.4 Å². The van der Waals surface area contributed by atoms with Crippen LogP contribution in [0.25, 0.3) is 11.6 Å². The molecule has 3 aromatic rings. The molecule has 130 valence electrons. The van der Waals surface area contributed by atoms with Crippen LogP contribution < -0.4 is 4.74 Å². The molecule has 0 saturated carbocycles. The van der Waals surface area contributed by atoms with Gasteiger partial charge in [-0.1, -0.05) is 60.7 Å². The molecule has 0 aliphatic heterocycles. The number of hydrogen-bond donors (Lipinski definition) is 1. The number of benzene rings is 3. The van der Waals surface area contributed by atoms with Crippen LogP contribution in [0.2, 0.25) is 0 Å². The van der Waals surface area contributed by atoms with Gasteiger partial charge in [0, 0.05) is 5.56 Å². The minimum absolute atomic E-state index is 0.184. The summed E-state index contributed by atoms with van der Waals surface area (Å²) in [5.41, 5.74) is 2.29. The number of rotatable bonds is 6. The topological polar surface area (TPSA) is 46.5 Å². The zero-order valence-electron chi connectivity index (χ0n) is 13.9. The fourth-order valence-electron chi connectivity index (χ4n) is 2.51. The lowest BCUT2D eigenvalue weighted by Crippen LogP contribution is -2.01. The first-order valence-corrected chi connectivity index (χ1v) is 8.10. The standard InChI is InChI=1S/C22H17FO3/c23-19-12-10-16(11-13-19)15-26-21-9-5-4-8-18(21)14-20(22(24)25)17-6-2-1-3-7-17/h1-14H,15H2,(H,24,25)/b20-14-. The van der Waals surface area contributed by atoms with Crippen LogP contribution in [0.15, 0.2) is 78.9 Å². The fraction of sp³-hybridized carbons (Fsp3) is 0.0455. The number of halogens is 1. The molecule has 0 bridgehead atoms. The molecule has 0 aliphatic rings. The van der Waals surface area contributed by atoms with Crippen molar-refractivity contribution in [3.8, 4) is 5.75 Å². The molecule has 0 amide bonds. The Balaban J connectivity index is 1.88. The van der Waals surface area contributed by atoms with Crippen LogP contribution in [0.1, 0.15) is 16.7 Å². The summed E-state index contributed by atoms with van der Waals surface area (Å²) in [4.78, 5) is 11.7. The van der Waals surface area contributed by atoms with E-state index in [-0.39, 0.29) is 18.0 Å². The predicted molar refractivity (Wildman–Crippen MR) is 99.1 cm³/mol. The number of hydrogen-bond acceptors (Lipinski definition) is 2. The Kier molecular flexibility index (Phi) is 5.44. The Hall–Kier alpha value is -3.40. The van der Waals surface area contributed by atoms with Gasteiger partial charge in [-0.15, -0.1) is 0 Å². The van der Waals surface area contributed by atoms with Gasteiger partial charge in [-0.2, -0.15) is 0 Å². The third-order valence-corrected chi connectivity index (χ3v) is 3.84. The van der Waals surface area contributed by atoms with Crippen molar-refractivity contribution in [3.63, 3.8) is 0 Å². The third-order valence-electron chi connectivity index (χ3n) is 3.84. The molecule has 3 rings (SSSR count). The van der Waals surface area contributed by atoms with Gasteiger partial charge in [0.2, 0.25) is 0 Å². The molecule has 3 nitrogen and oxygen atoms in total. The summed E-state index contributed by atoms with van der Waals surface area (Å²) in [6, 6.07) is 22.2. The maximum absolute atomic E-state index is 13.0. The molecule has 0 spiro atoms. The van der Waals surface area contributed by atoms with Crippen molar-refractivity contribution in [1.29, 1.82) is 0 Å². The molecule has 0 atom stereocenters. The number of para-hydroxylation sites is 1. The highest BCUT2D eigenvalue weighted by atomic mass is 19.1. The summed E-state index contributed by atoms with van der Waals surface area (Å²) in [5.74, 6) is -0.748. The molecular weight excluding hydrogens is 331 g/mol. The molecule has 4 heteroatoms. The zero-order valence-corrected chi connectivity index (χ0v) is 13.9. The van der Waals surface area contributed by atoms with E-state index >= 15 is 0 Å². The van der Waals surface area contributed by atoms with Gasteiger partial charge in [0.1, 0.15) is 18.2 Å². The van der Waals surface area contributed by atoms with Crippen molar-refractivity contribution in [2.45, 2.75) is 6.61 Å². The number of aliphatic carboxylic acids is 1. The Morgan fingerprint density at radius 3 is 2.27 bits per heavy atom. The second-order valence-corrected chi connectivity index (χ2v) is 5.68. The molecule has 26 heavy (non-hydrogen) atoms. The fourth-order valence-corrected chi connectivity index (χ4v) is 2.51. The summed E-state index contributed by atoms with van der Waals surface area (Å²) >= 11 is 0. The minimum atomic E-state index is -1.01. The number of carboxylic acids is 1. The van der Waals surface area contributed by atoms with E-state index in [1.807, 2.05) is 18.2 Å². The molecule has 0 saturated heterocycles. The van der Waals surface area contributed by atoms with E-state index in [2.05, 4.69) is 0 Å². The highest BCUT2D eigenvalue weighted by Gasteiger charge is 2.12. The van der Waals surface area contributed by atoms with E-state index in [4.69, 9.17) is 4.74 Å². The average molecular weight is 348 g/mol. The van der Waals surface area contributed by atoms with E-state index in [0.717, 1.165) is 5.56 Å². The number of carboxylic acid groups (broad SMARTS) is 1. The number of ether oxygens (including phenoxy) is 1. The first-order valence-electron chi connectivity index (χ1n) is 8.10. The van der Waals surface area contributed by atoms with Gasteiger partial charge in [-0.25, -0.2) is 9.18 Å². The zero-order chi connectivity index (χ0) is 18.4. The molecule has 0 fully saturated rings. The normalized spacial score (nSPS) is 11.2. The van der Waals surface area contributed by atoms with Crippen molar-refractivity contribution in [2.75, 3.05) is 0 Å². The maximum atomic E-state index is 13.0. The van der Waals surface area contributed by atoms with Gasteiger partial charge in [0.15, 0.2) is 0 Å². The molecule has 0 unspecified atom stereocenters. The minimum Gasteiger partial charge on any atom is -0.488 e. The highest BCUT2D eigenvalue weighted by molar-refractivity contribution is 6.20. The molecule has 0 aromatic heterocycles. The largest absolute Gasteiger partial charge is 0.488 e. The average Bonchev–Trinajstić information content (AvgIpc) is 2.67. The van der Waals surface area contributed by atoms with Gasteiger partial charge >= 0.3 is 5.97 Å². The Bertz CT molecular complexity index is 916. The lowest BCUT2D eigenvalue weighted by molar-refractivity contribution is -0.130. The van der Waals surface area contributed by atoms with Crippen molar-refractivity contribution < 1.29 is 19.0 Å². The predicted octanol–water partition coefficient (Wildman–Crippen LogP) is 5.03. The third kappa shape index (κ3) is 4.36. The molecule has 0 heterocycles. The van der Waals surface area contributed by atoms with Crippen molar-refractivity contribution in [2.24, 2.45) is 0 Å². The monoisotopic (exact) mass is 348 g/mol. The Labute approximate surface area is 151 Å². The quantitative estimate of drug-likeness (QED) is 0.502. The van der Waals surface area contributed by atoms with E-state index in [1.165, 1.54) is 12.1 Å². The van der Waals surface area contributed by atoms with E-state index < -0.39 is 5.97 Å². The van der Waals surface area contributed by atoms with Crippen molar-refractivity contribution in [1.82, 2.24) is 0 Å². The van der Waals surface area contributed by atoms with E-state index in [1.54, 1.807) is 54.6 Å². The van der Waals surface area contributed by atoms with Crippen LogP contribution in [-0.2, 0) is 11.4 Å². The summed E-state index contributed by atoms with van der Waals surface area (Å²) in [5, 5.41) is 9.57. The van der Waals surface area contributed by atoms with Crippen LogP contribution in [-0.4, -0.2) is 11.1 Å². The van der Waals surface area contributed by atoms with E-state index in [9.17, 15) is 14.3 Å². The lowest BCUT2D eigenvalue weighted by Gasteiger charge is -2.10. The smallest absolute Gasteiger partial charge is 0.336 e. The van der Waals surface area contributed by atoms with Crippen LogP contribution in [0.5, 0.6) is 5.75 Å². The SMILES string of the molecule is O=C(O)/C(=C\c1ccccc1OCc1ccc(F)cc1)c1ccccc1. The lowest BCUT2D eigenvalue weighted by atomic mass is 10.0. The van der Waals surface area contributed by atoms with Crippen LogP contribution in [0, 0.1) is 5.82 Å². The highest BCUT2D eigenvalue weighted by Crippen LogP contribution is 2.25. The van der Waals surface area contributed by atoms with Gasteiger partial charge in [0.05, 0.1) is 5.57 Å². The molecular formula is C22H17FO3. The van der Waals surface area contributed by atoms with Gasteiger partial charge in [-0.3, -0.25) is 0 Å². The number of carbonyl (C=O) groups is 1. The van der Waals surface area contributed by atoms with Crippen LogP contribution >= 0.6 is 0 Å². The Morgan fingerprint density at radius 2 is 1.58 bits per heavy atom. The molecule has 0 aliphatic carbocycles. The first kappa shape index (κ1) is 17.4. The summed E-state index contributed by atoms with van der Waals surface area (Å²) in [7, 11) is 0. The second kappa shape index (κ2) is 8.12. The van der Waals surface area contributed by atoms with E-state index in [0.29, 0.717) is 16.9 Å². The first-order chi connectivity index (χ1) is 12.6. The van der Waals surface area contributed by atoms with Crippen LogP contribution in [0.3, 0.4) is 0 Å². The van der Waals surface area contributed by atoms with Gasteiger partial charge in [0.25, 0.3) is 0 Å². The molecule has 3 aromatic carbocycles. The molecule has 1 N–H and O–H groups in total. The summed E-state index contributed by atoms with van der Waals surface area (Å²) in [6.07, 6.45) is 1.59. The second-order valence-electron chi connectivity index (χ2n) is 5.68. The van der Waals surface area contributed by atoms with Gasteiger partial charge < -0.3 is 9.84 Å². The van der Waals surface area contributed by atoms with Crippen molar-refractivity contribution in [3.05, 3.63) is 101 Å². The molecule has 0 radical (unpaired) electrons. The summed E-state index contributed by atoms with van der Waals surface area (Å²) < 4.78 is 18.8. The van der Waals surface area contributed by atoms with Crippen LogP contribution in [0.4, 0.5) is 4.39 Å². The Morgan fingerprint density at radius 1 is 0.923 bits per heavy atom. The maximum Gasteiger partial charge on any atom is 0.336 e.